The van der Waals surface area contributed by atoms with E-state index in [-0.39, 0.29) is 6.04 Å². The molecular formula is C12H23NO2. The molecule has 1 aliphatic carbocycles. The first-order chi connectivity index (χ1) is 7.15. The molecule has 15 heavy (non-hydrogen) atoms. The van der Waals surface area contributed by atoms with E-state index in [4.69, 9.17) is 5.73 Å². The molecule has 0 aromatic heterocycles. The largest absolute Gasteiger partial charge is 0.390 e. The fraction of sp³-hybridized carbons (Fsp3) is 0.833. The van der Waals surface area contributed by atoms with E-state index in [0.29, 0.717) is 12.3 Å². The lowest BCUT2D eigenvalue weighted by Crippen LogP contribution is -2.38. The van der Waals surface area contributed by atoms with Crippen LogP contribution in [-0.4, -0.2) is 28.5 Å². The number of hydrogen-bond acceptors (Lipinski definition) is 3. The molecule has 1 rings (SSSR count). The van der Waals surface area contributed by atoms with E-state index in [9.17, 15) is 10.2 Å². The molecule has 4 N–H and O–H groups in total. The van der Waals surface area contributed by atoms with Gasteiger partial charge in [-0.15, -0.1) is 6.58 Å². The summed E-state index contributed by atoms with van der Waals surface area (Å²) < 4.78 is 0. The number of hydrogen-bond donors (Lipinski definition) is 3. The normalized spacial score (nSPS) is 24.5. The zero-order valence-electron chi connectivity index (χ0n) is 9.31. The first kappa shape index (κ1) is 12.7. The van der Waals surface area contributed by atoms with Crippen LogP contribution in [0.1, 0.15) is 38.5 Å². The van der Waals surface area contributed by atoms with E-state index >= 15 is 0 Å². The Bertz CT molecular complexity index is 190. The van der Waals surface area contributed by atoms with Crippen molar-refractivity contribution in [2.24, 2.45) is 11.7 Å². The lowest BCUT2D eigenvalue weighted by Gasteiger charge is -2.29. The molecule has 3 atom stereocenters. The Morgan fingerprint density at radius 1 is 1.27 bits per heavy atom. The van der Waals surface area contributed by atoms with Gasteiger partial charge in [0, 0.05) is 6.04 Å². The van der Waals surface area contributed by atoms with Gasteiger partial charge < -0.3 is 15.9 Å². The van der Waals surface area contributed by atoms with Gasteiger partial charge in [0.2, 0.25) is 0 Å². The summed E-state index contributed by atoms with van der Waals surface area (Å²) in [6.45, 7) is 3.45. The van der Waals surface area contributed by atoms with Crippen molar-refractivity contribution in [1.29, 1.82) is 0 Å². The van der Waals surface area contributed by atoms with E-state index in [1.807, 2.05) is 0 Å². The van der Waals surface area contributed by atoms with Crippen LogP contribution in [0.2, 0.25) is 0 Å². The summed E-state index contributed by atoms with van der Waals surface area (Å²) in [6.07, 6.45) is 6.35. The van der Waals surface area contributed by atoms with Crippen LogP contribution in [0.5, 0.6) is 0 Å². The van der Waals surface area contributed by atoms with Gasteiger partial charge in [-0.3, -0.25) is 0 Å². The lowest BCUT2D eigenvalue weighted by atomic mass is 9.82. The van der Waals surface area contributed by atoms with E-state index in [0.717, 1.165) is 12.8 Å². The van der Waals surface area contributed by atoms with Gasteiger partial charge in [0.1, 0.15) is 0 Å². The summed E-state index contributed by atoms with van der Waals surface area (Å²) in [6, 6.07) is 0.00917. The van der Waals surface area contributed by atoms with Crippen LogP contribution in [0.15, 0.2) is 12.7 Å². The van der Waals surface area contributed by atoms with Crippen LogP contribution in [0, 0.1) is 5.92 Å². The SMILES string of the molecule is C=C[C@H](O)[C@H](O)CC(N)C1CCCCC1. The third-order valence-corrected chi connectivity index (χ3v) is 3.40. The molecular weight excluding hydrogens is 190 g/mol. The smallest absolute Gasteiger partial charge is 0.0977 e. The first-order valence-electron chi connectivity index (χ1n) is 5.89. The van der Waals surface area contributed by atoms with Gasteiger partial charge in [-0.05, 0) is 25.2 Å². The molecule has 1 aliphatic rings. The summed E-state index contributed by atoms with van der Waals surface area (Å²) in [5, 5.41) is 19.0. The molecule has 0 bridgehead atoms. The Balaban J connectivity index is 2.32. The summed E-state index contributed by atoms with van der Waals surface area (Å²) in [5.74, 6) is 0.519. The molecule has 0 aromatic rings. The van der Waals surface area contributed by atoms with Crippen LogP contribution in [0.25, 0.3) is 0 Å². The quantitative estimate of drug-likeness (QED) is 0.601. The average molecular weight is 213 g/mol. The van der Waals surface area contributed by atoms with Crippen LogP contribution < -0.4 is 5.73 Å². The molecule has 0 radical (unpaired) electrons. The Morgan fingerprint density at radius 3 is 2.40 bits per heavy atom. The maximum absolute atomic E-state index is 9.62. The van der Waals surface area contributed by atoms with Gasteiger partial charge in [0.05, 0.1) is 12.2 Å². The molecule has 1 saturated carbocycles. The molecule has 88 valence electrons. The van der Waals surface area contributed by atoms with Crippen molar-refractivity contribution in [2.45, 2.75) is 56.8 Å². The van der Waals surface area contributed by atoms with Gasteiger partial charge in [-0.1, -0.05) is 25.3 Å². The Hall–Kier alpha value is -0.380. The van der Waals surface area contributed by atoms with Gasteiger partial charge in [-0.25, -0.2) is 0 Å². The van der Waals surface area contributed by atoms with Gasteiger partial charge in [-0.2, -0.15) is 0 Å². The Labute approximate surface area is 92.0 Å². The van der Waals surface area contributed by atoms with Crippen LogP contribution in [0.4, 0.5) is 0 Å². The topological polar surface area (TPSA) is 66.5 Å². The predicted molar refractivity (Wildman–Crippen MR) is 61.4 cm³/mol. The third kappa shape index (κ3) is 3.93. The Morgan fingerprint density at radius 2 is 1.87 bits per heavy atom. The summed E-state index contributed by atoms with van der Waals surface area (Å²) >= 11 is 0. The monoisotopic (exact) mass is 213 g/mol. The highest BCUT2D eigenvalue weighted by molar-refractivity contribution is 4.88. The molecule has 0 heterocycles. The molecule has 0 saturated heterocycles. The van der Waals surface area contributed by atoms with E-state index in [1.54, 1.807) is 0 Å². The van der Waals surface area contributed by atoms with Gasteiger partial charge >= 0.3 is 0 Å². The van der Waals surface area contributed by atoms with Gasteiger partial charge in [0.15, 0.2) is 0 Å². The van der Waals surface area contributed by atoms with Crippen LogP contribution in [-0.2, 0) is 0 Å². The predicted octanol–water partition coefficient (Wildman–Crippen LogP) is 1.19. The third-order valence-electron chi connectivity index (χ3n) is 3.40. The van der Waals surface area contributed by atoms with Crippen molar-refractivity contribution in [3.63, 3.8) is 0 Å². The highest BCUT2D eigenvalue weighted by Crippen LogP contribution is 2.27. The minimum atomic E-state index is -0.848. The van der Waals surface area contributed by atoms with Crippen LogP contribution in [0.3, 0.4) is 0 Å². The number of rotatable bonds is 5. The maximum atomic E-state index is 9.62. The van der Waals surface area contributed by atoms with Crippen LogP contribution >= 0.6 is 0 Å². The number of nitrogens with two attached hydrogens (primary N) is 1. The number of aliphatic hydroxyl groups is 2. The minimum absolute atomic E-state index is 0.00917. The highest BCUT2D eigenvalue weighted by Gasteiger charge is 2.24. The molecule has 0 aromatic carbocycles. The second-order valence-electron chi connectivity index (χ2n) is 4.59. The fourth-order valence-corrected chi connectivity index (χ4v) is 2.33. The second-order valence-corrected chi connectivity index (χ2v) is 4.59. The van der Waals surface area contributed by atoms with E-state index in [2.05, 4.69) is 6.58 Å². The zero-order chi connectivity index (χ0) is 11.3. The van der Waals surface area contributed by atoms with Crippen molar-refractivity contribution in [3.05, 3.63) is 12.7 Å². The highest BCUT2D eigenvalue weighted by atomic mass is 16.3. The van der Waals surface area contributed by atoms with Gasteiger partial charge in [0.25, 0.3) is 0 Å². The summed E-state index contributed by atoms with van der Waals surface area (Å²) in [7, 11) is 0. The van der Waals surface area contributed by atoms with Crippen molar-refractivity contribution < 1.29 is 10.2 Å². The number of aliphatic hydroxyl groups excluding tert-OH is 2. The van der Waals surface area contributed by atoms with E-state index in [1.165, 1.54) is 25.3 Å². The maximum Gasteiger partial charge on any atom is 0.0977 e. The molecule has 0 amide bonds. The Kier molecular flexibility index (Phi) is 5.29. The lowest BCUT2D eigenvalue weighted by molar-refractivity contribution is 0.0330. The molecule has 0 aliphatic heterocycles. The van der Waals surface area contributed by atoms with Crippen molar-refractivity contribution in [2.75, 3.05) is 0 Å². The average Bonchev–Trinajstić information content (AvgIpc) is 2.29. The second kappa shape index (κ2) is 6.26. The first-order valence-corrected chi connectivity index (χ1v) is 5.89. The standard InChI is InChI=1S/C12H23NO2/c1-2-11(14)12(15)8-10(13)9-6-4-3-5-7-9/h2,9-12,14-15H,1,3-8,13H2/t10?,11-,12+/m0/s1. The molecule has 3 heteroatoms. The van der Waals surface area contributed by atoms with Crippen molar-refractivity contribution in [3.8, 4) is 0 Å². The fourth-order valence-electron chi connectivity index (χ4n) is 2.33. The summed E-state index contributed by atoms with van der Waals surface area (Å²) in [4.78, 5) is 0. The molecule has 0 spiro atoms. The molecule has 3 nitrogen and oxygen atoms in total. The minimum Gasteiger partial charge on any atom is -0.390 e. The summed E-state index contributed by atoms with van der Waals surface area (Å²) in [5.41, 5.74) is 6.04. The molecule has 1 unspecified atom stereocenters. The molecule has 1 fully saturated rings. The van der Waals surface area contributed by atoms with Crippen molar-refractivity contribution in [1.82, 2.24) is 0 Å². The van der Waals surface area contributed by atoms with Crippen molar-refractivity contribution >= 4 is 0 Å². The van der Waals surface area contributed by atoms with E-state index < -0.39 is 12.2 Å². The zero-order valence-corrected chi connectivity index (χ0v) is 9.31.